The number of hydrogen-bond donors (Lipinski definition) is 0. The van der Waals surface area contributed by atoms with Gasteiger partial charge in [-0.25, -0.2) is 0 Å². The molecule has 0 saturated heterocycles. The molecule has 1 aliphatic heterocycles. The first-order chi connectivity index (χ1) is 16.9. The molecule has 5 rings (SSSR count). The zero-order valence-electron chi connectivity index (χ0n) is 20.0. The number of anilines is 2. The molecule has 3 aromatic rings. The quantitative estimate of drug-likeness (QED) is 0.389. The van der Waals surface area contributed by atoms with E-state index in [1.807, 2.05) is 72.5 Å². The van der Waals surface area contributed by atoms with Gasteiger partial charge < -0.3 is 14.5 Å². The number of carbonyl (C=O) groups excluding carboxylic acids is 2. The predicted molar refractivity (Wildman–Crippen MR) is 139 cm³/mol. The maximum absolute atomic E-state index is 13.7. The van der Waals surface area contributed by atoms with Gasteiger partial charge in [0.2, 0.25) is 5.91 Å². The summed E-state index contributed by atoms with van der Waals surface area (Å²) < 4.78 is 5.83. The van der Waals surface area contributed by atoms with Gasteiger partial charge in [-0.2, -0.15) is 0 Å². The molecule has 0 spiro atoms. The number of para-hydroxylation sites is 1. The van der Waals surface area contributed by atoms with E-state index in [0.29, 0.717) is 22.9 Å². The number of fused-ring (bicyclic) bond motifs is 1. The van der Waals surface area contributed by atoms with E-state index in [4.69, 9.17) is 16.3 Å². The first-order valence-electron chi connectivity index (χ1n) is 12.1. The summed E-state index contributed by atoms with van der Waals surface area (Å²) in [5.41, 5.74) is 3.18. The Morgan fingerprint density at radius 3 is 2.34 bits per heavy atom. The van der Waals surface area contributed by atoms with E-state index in [2.05, 4.69) is 0 Å². The fraction of sp³-hybridized carbons (Fsp3) is 0.310. The average molecular weight is 489 g/mol. The lowest BCUT2D eigenvalue weighted by Gasteiger charge is -2.43. The van der Waals surface area contributed by atoms with Crippen molar-refractivity contribution in [3.05, 3.63) is 88.9 Å². The fourth-order valence-electron chi connectivity index (χ4n) is 4.85. The van der Waals surface area contributed by atoms with Crippen molar-refractivity contribution in [3.63, 3.8) is 0 Å². The molecule has 0 aromatic heterocycles. The number of benzene rings is 3. The first kappa shape index (κ1) is 23.4. The maximum Gasteiger partial charge on any atom is 0.258 e. The van der Waals surface area contributed by atoms with Crippen LogP contribution in [0.15, 0.2) is 72.8 Å². The first-order valence-corrected chi connectivity index (χ1v) is 12.5. The Morgan fingerprint density at radius 1 is 1.00 bits per heavy atom. The van der Waals surface area contributed by atoms with E-state index >= 15 is 0 Å². The minimum Gasteiger partial charge on any atom is -0.493 e. The average Bonchev–Trinajstić information content (AvgIpc) is 3.69. The zero-order valence-corrected chi connectivity index (χ0v) is 20.7. The Kier molecular flexibility index (Phi) is 6.52. The van der Waals surface area contributed by atoms with Crippen LogP contribution in [0.3, 0.4) is 0 Å². The summed E-state index contributed by atoms with van der Waals surface area (Å²) in [5, 5.41) is 0.621. The van der Waals surface area contributed by atoms with Crippen LogP contribution >= 0.6 is 11.6 Å². The number of halogens is 1. The van der Waals surface area contributed by atoms with E-state index in [9.17, 15) is 9.59 Å². The second kappa shape index (κ2) is 9.74. The van der Waals surface area contributed by atoms with Gasteiger partial charge in [-0.05, 0) is 92.3 Å². The molecule has 35 heavy (non-hydrogen) atoms. The summed E-state index contributed by atoms with van der Waals surface area (Å²) in [7, 11) is 0. The largest absolute Gasteiger partial charge is 0.493 e. The molecule has 2 amide bonds. The molecular weight excluding hydrogens is 460 g/mol. The zero-order chi connectivity index (χ0) is 24.5. The molecular formula is C29H29ClN2O3. The van der Waals surface area contributed by atoms with Crippen molar-refractivity contribution in [1.29, 1.82) is 0 Å². The number of ether oxygens (including phenoxy) is 1. The topological polar surface area (TPSA) is 49.9 Å². The molecule has 180 valence electrons. The highest BCUT2D eigenvalue weighted by Gasteiger charge is 2.38. The van der Waals surface area contributed by atoms with Gasteiger partial charge in [0.15, 0.2) is 0 Å². The van der Waals surface area contributed by atoms with Gasteiger partial charge in [-0.3, -0.25) is 9.59 Å². The predicted octanol–water partition coefficient (Wildman–Crippen LogP) is 6.66. The van der Waals surface area contributed by atoms with Gasteiger partial charge in [-0.1, -0.05) is 29.8 Å². The molecule has 5 nitrogen and oxygen atoms in total. The second-order valence-corrected chi connectivity index (χ2v) is 9.92. The van der Waals surface area contributed by atoms with E-state index in [-0.39, 0.29) is 23.9 Å². The molecule has 0 bridgehead atoms. The normalized spacial score (nSPS) is 19.1. The lowest BCUT2D eigenvalue weighted by molar-refractivity contribution is -0.117. The van der Waals surface area contributed by atoms with E-state index in [1.165, 1.54) is 12.8 Å². The number of hydrogen-bond acceptors (Lipinski definition) is 3. The highest BCUT2D eigenvalue weighted by molar-refractivity contribution is 6.30. The third-order valence-electron chi connectivity index (χ3n) is 6.82. The molecule has 0 unspecified atom stereocenters. The minimum absolute atomic E-state index is 0.0547. The van der Waals surface area contributed by atoms with Gasteiger partial charge in [0.1, 0.15) is 5.75 Å². The van der Waals surface area contributed by atoms with Crippen LogP contribution in [0.5, 0.6) is 5.75 Å². The minimum atomic E-state index is -0.192. The smallest absolute Gasteiger partial charge is 0.258 e. The molecule has 1 aliphatic carbocycles. The van der Waals surface area contributed by atoms with Crippen LogP contribution in [0.4, 0.5) is 11.4 Å². The highest BCUT2D eigenvalue weighted by atomic mass is 35.5. The summed E-state index contributed by atoms with van der Waals surface area (Å²) in [5.74, 6) is 1.36. The molecule has 2 atom stereocenters. The fourth-order valence-corrected chi connectivity index (χ4v) is 4.98. The second-order valence-electron chi connectivity index (χ2n) is 9.48. The van der Waals surface area contributed by atoms with E-state index in [0.717, 1.165) is 29.3 Å². The summed E-state index contributed by atoms with van der Waals surface area (Å²) >= 11 is 6.09. The summed E-state index contributed by atoms with van der Waals surface area (Å²) in [6.07, 6.45) is 3.10. The number of amides is 2. The Labute approximate surface area is 211 Å². The Hall–Kier alpha value is -3.31. The van der Waals surface area contributed by atoms with Crippen molar-refractivity contribution in [2.75, 3.05) is 16.4 Å². The van der Waals surface area contributed by atoms with Crippen molar-refractivity contribution in [2.24, 2.45) is 5.92 Å². The van der Waals surface area contributed by atoms with Crippen LogP contribution in [-0.4, -0.2) is 24.5 Å². The van der Waals surface area contributed by atoms with Crippen molar-refractivity contribution >= 4 is 34.8 Å². The van der Waals surface area contributed by atoms with Gasteiger partial charge >= 0.3 is 0 Å². The van der Waals surface area contributed by atoms with Gasteiger partial charge in [0, 0.05) is 34.9 Å². The van der Waals surface area contributed by atoms with Crippen LogP contribution in [0.25, 0.3) is 0 Å². The van der Waals surface area contributed by atoms with Crippen LogP contribution in [-0.2, 0) is 4.79 Å². The van der Waals surface area contributed by atoms with Crippen LogP contribution in [0, 0.1) is 5.92 Å². The van der Waals surface area contributed by atoms with Gasteiger partial charge in [0.25, 0.3) is 5.91 Å². The van der Waals surface area contributed by atoms with Crippen molar-refractivity contribution in [3.8, 4) is 5.75 Å². The molecule has 1 fully saturated rings. The standard InChI is InChI=1S/C29H29ClN2O3/c1-19-17-28(32(20(2)33)24-13-11-23(30)12-14-24)26-5-3-4-6-27(26)31(19)29(34)22-9-15-25(16-10-22)35-18-21-7-8-21/h3-6,9-16,19,21,28H,7-8,17-18H2,1-2H3/t19-,28+/m0/s1. The summed E-state index contributed by atoms with van der Waals surface area (Å²) in [6.45, 7) is 4.35. The monoisotopic (exact) mass is 488 g/mol. The Morgan fingerprint density at radius 2 is 1.69 bits per heavy atom. The molecule has 1 heterocycles. The van der Waals surface area contributed by atoms with Gasteiger partial charge in [0.05, 0.1) is 12.6 Å². The van der Waals surface area contributed by atoms with E-state index in [1.54, 1.807) is 24.0 Å². The summed E-state index contributed by atoms with van der Waals surface area (Å²) in [6, 6.07) is 22.3. The molecule has 2 aliphatic rings. The third-order valence-corrected chi connectivity index (χ3v) is 7.07. The lowest BCUT2D eigenvalue weighted by Crippen LogP contribution is -2.47. The Balaban J connectivity index is 1.44. The Bertz CT molecular complexity index is 1220. The van der Waals surface area contributed by atoms with Crippen LogP contribution in [0.1, 0.15) is 55.1 Å². The van der Waals surface area contributed by atoms with Crippen LogP contribution in [0.2, 0.25) is 5.02 Å². The van der Waals surface area contributed by atoms with Crippen molar-refractivity contribution in [1.82, 2.24) is 0 Å². The lowest BCUT2D eigenvalue weighted by atomic mass is 9.89. The highest BCUT2D eigenvalue weighted by Crippen LogP contribution is 2.43. The molecule has 0 radical (unpaired) electrons. The molecule has 6 heteroatoms. The van der Waals surface area contributed by atoms with E-state index < -0.39 is 0 Å². The van der Waals surface area contributed by atoms with Crippen molar-refractivity contribution in [2.45, 2.75) is 45.2 Å². The van der Waals surface area contributed by atoms with Crippen molar-refractivity contribution < 1.29 is 14.3 Å². The van der Waals surface area contributed by atoms with Crippen LogP contribution < -0.4 is 14.5 Å². The molecule has 1 saturated carbocycles. The third kappa shape index (κ3) is 4.92. The summed E-state index contributed by atoms with van der Waals surface area (Å²) in [4.78, 5) is 30.1. The molecule has 3 aromatic carbocycles. The molecule has 0 N–H and O–H groups in total. The SMILES string of the molecule is CC(=O)N(c1ccc(Cl)cc1)[C@@H]1C[C@H](C)N(C(=O)c2ccc(OCC3CC3)cc2)c2ccccc21. The van der Waals surface area contributed by atoms with Gasteiger partial charge in [-0.15, -0.1) is 0 Å². The number of carbonyl (C=O) groups is 2. The maximum atomic E-state index is 13.7. The number of rotatable bonds is 6. The number of nitrogens with zero attached hydrogens (tertiary/aromatic N) is 2.